The van der Waals surface area contributed by atoms with Crippen LogP contribution < -0.4 is 4.74 Å². The van der Waals surface area contributed by atoms with Gasteiger partial charge in [0.25, 0.3) is 0 Å². The van der Waals surface area contributed by atoms with Gasteiger partial charge in [0, 0.05) is 5.56 Å². The summed E-state index contributed by atoms with van der Waals surface area (Å²) in [6.07, 6.45) is 0. The van der Waals surface area contributed by atoms with Crippen molar-refractivity contribution in [3.8, 4) is 17.6 Å². The number of aliphatic hydroxyl groups excluding tert-OH is 1. The summed E-state index contributed by atoms with van der Waals surface area (Å²) < 4.78 is 19.0. The molecule has 1 N–H and O–H groups in total. The Bertz CT molecular complexity index is 611. The lowest BCUT2D eigenvalue weighted by Gasteiger charge is -2.08. The Morgan fingerprint density at radius 2 is 1.79 bits per heavy atom. The first-order chi connectivity index (χ1) is 9.31. The minimum absolute atomic E-state index is 0.143. The van der Waals surface area contributed by atoms with Crippen LogP contribution in [-0.4, -0.2) is 11.7 Å². The van der Waals surface area contributed by atoms with Crippen molar-refractivity contribution in [2.45, 2.75) is 6.61 Å². The van der Waals surface area contributed by atoms with Crippen LogP contribution in [0.3, 0.4) is 0 Å². The fourth-order valence-corrected chi connectivity index (χ4v) is 1.60. The van der Waals surface area contributed by atoms with Gasteiger partial charge in [-0.2, -0.15) is 0 Å². The third-order valence-corrected chi connectivity index (χ3v) is 2.53. The number of halogens is 1. The van der Waals surface area contributed by atoms with Crippen molar-refractivity contribution in [3.63, 3.8) is 0 Å². The number of aliphatic hydroxyl groups is 1. The number of hydrogen-bond acceptors (Lipinski definition) is 2. The molecule has 0 bridgehead atoms. The van der Waals surface area contributed by atoms with Gasteiger partial charge in [-0.25, -0.2) is 4.39 Å². The summed E-state index contributed by atoms with van der Waals surface area (Å²) in [5.74, 6) is 5.65. The summed E-state index contributed by atoms with van der Waals surface area (Å²) in [5, 5.41) is 8.70. The molecule has 0 aliphatic carbocycles. The van der Waals surface area contributed by atoms with E-state index in [0.29, 0.717) is 16.9 Å². The molecular formula is C16H13FO2. The molecule has 19 heavy (non-hydrogen) atoms. The Hall–Kier alpha value is -2.31. The molecule has 0 saturated carbocycles. The van der Waals surface area contributed by atoms with Crippen LogP contribution in [0.4, 0.5) is 4.39 Å². The quantitative estimate of drug-likeness (QED) is 0.856. The first kappa shape index (κ1) is 13.1. The average Bonchev–Trinajstić information content (AvgIpc) is 2.45. The first-order valence-corrected chi connectivity index (χ1v) is 5.86. The second kappa shape index (κ2) is 6.58. The van der Waals surface area contributed by atoms with Gasteiger partial charge in [-0.05, 0) is 18.2 Å². The zero-order valence-corrected chi connectivity index (χ0v) is 10.3. The molecule has 2 nitrogen and oxygen atoms in total. The molecule has 96 valence electrons. The summed E-state index contributed by atoms with van der Waals surface area (Å²) in [6.45, 7) is -0.0634. The maximum Gasteiger partial charge on any atom is 0.135 e. The summed E-state index contributed by atoms with van der Waals surface area (Å²) in [6, 6.07) is 13.7. The summed E-state index contributed by atoms with van der Waals surface area (Å²) >= 11 is 0. The zero-order chi connectivity index (χ0) is 13.5. The number of rotatable bonds is 3. The molecule has 0 amide bonds. The Morgan fingerprint density at radius 3 is 2.58 bits per heavy atom. The molecule has 0 fully saturated rings. The second-order valence-electron chi connectivity index (χ2n) is 3.84. The van der Waals surface area contributed by atoms with Crippen molar-refractivity contribution in [2.75, 3.05) is 6.61 Å². The van der Waals surface area contributed by atoms with E-state index in [1.54, 1.807) is 30.3 Å². The van der Waals surface area contributed by atoms with Gasteiger partial charge in [-0.1, -0.05) is 42.2 Å². The summed E-state index contributed by atoms with van der Waals surface area (Å²) in [7, 11) is 0. The summed E-state index contributed by atoms with van der Waals surface area (Å²) in [4.78, 5) is 0. The molecule has 2 aromatic carbocycles. The van der Waals surface area contributed by atoms with Gasteiger partial charge in [0.1, 0.15) is 24.8 Å². The highest BCUT2D eigenvalue weighted by Crippen LogP contribution is 2.19. The zero-order valence-electron chi connectivity index (χ0n) is 10.3. The Balaban J connectivity index is 2.14. The second-order valence-corrected chi connectivity index (χ2v) is 3.84. The SMILES string of the molecule is OCC#Cc1ccccc1OCc1ccccc1F. The number of para-hydroxylation sites is 1. The molecule has 3 heteroatoms. The van der Waals surface area contributed by atoms with Crippen molar-refractivity contribution >= 4 is 0 Å². The average molecular weight is 256 g/mol. The Morgan fingerprint density at radius 1 is 1.05 bits per heavy atom. The molecule has 2 aromatic rings. The van der Waals surface area contributed by atoms with Gasteiger partial charge in [-0.3, -0.25) is 0 Å². The molecule has 0 spiro atoms. The lowest BCUT2D eigenvalue weighted by Crippen LogP contribution is -1.99. The molecule has 0 heterocycles. The first-order valence-electron chi connectivity index (χ1n) is 5.86. The maximum atomic E-state index is 13.5. The van der Waals surface area contributed by atoms with Crippen LogP contribution in [0.2, 0.25) is 0 Å². The van der Waals surface area contributed by atoms with Gasteiger partial charge in [0.05, 0.1) is 5.56 Å². The van der Waals surface area contributed by atoms with Gasteiger partial charge in [-0.15, -0.1) is 0 Å². The topological polar surface area (TPSA) is 29.5 Å². The number of ether oxygens (including phenoxy) is 1. The van der Waals surface area contributed by atoms with Crippen molar-refractivity contribution in [1.82, 2.24) is 0 Å². The minimum Gasteiger partial charge on any atom is -0.487 e. The van der Waals surface area contributed by atoms with Crippen LogP contribution in [0.1, 0.15) is 11.1 Å². The highest BCUT2D eigenvalue weighted by atomic mass is 19.1. The molecule has 0 unspecified atom stereocenters. The van der Waals surface area contributed by atoms with Crippen molar-refractivity contribution < 1.29 is 14.2 Å². The van der Waals surface area contributed by atoms with Crippen molar-refractivity contribution in [2.24, 2.45) is 0 Å². The minimum atomic E-state index is -0.290. The largest absolute Gasteiger partial charge is 0.487 e. The van der Waals surface area contributed by atoms with Crippen LogP contribution in [0.15, 0.2) is 48.5 Å². The molecule has 0 radical (unpaired) electrons. The summed E-state index contributed by atoms with van der Waals surface area (Å²) in [5.41, 5.74) is 1.17. The van der Waals surface area contributed by atoms with Crippen LogP contribution in [-0.2, 0) is 6.61 Å². The third-order valence-electron chi connectivity index (χ3n) is 2.53. The number of hydrogen-bond donors (Lipinski definition) is 1. The Labute approximate surface area is 111 Å². The monoisotopic (exact) mass is 256 g/mol. The van der Waals surface area contributed by atoms with E-state index in [9.17, 15) is 4.39 Å². The van der Waals surface area contributed by atoms with E-state index < -0.39 is 0 Å². The van der Waals surface area contributed by atoms with E-state index in [-0.39, 0.29) is 19.0 Å². The number of benzene rings is 2. The standard InChI is InChI=1S/C16H13FO2/c17-15-9-3-1-7-14(15)12-19-16-10-4-2-6-13(16)8-5-11-18/h1-4,6-7,9-10,18H,11-12H2. The highest BCUT2D eigenvalue weighted by molar-refractivity contribution is 5.46. The van der Waals surface area contributed by atoms with Crippen LogP contribution in [0.25, 0.3) is 0 Å². The van der Waals surface area contributed by atoms with E-state index in [2.05, 4.69) is 11.8 Å². The maximum absolute atomic E-state index is 13.5. The predicted molar refractivity (Wildman–Crippen MR) is 71.1 cm³/mol. The van der Waals surface area contributed by atoms with E-state index in [4.69, 9.17) is 9.84 Å². The molecule has 0 aliphatic heterocycles. The van der Waals surface area contributed by atoms with E-state index in [1.807, 2.05) is 12.1 Å². The van der Waals surface area contributed by atoms with E-state index in [0.717, 1.165) is 0 Å². The highest BCUT2D eigenvalue weighted by Gasteiger charge is 2.04. The predicted octanol–water partition coefficient (Wildman–Crippen LogP) is 2.75. The van der Waals surface area contributed by atoms with Crippen molar-refractivity contribution in [3.05, 3.63) is 65.5 Å². The normalized spacial score (nSPS) is 9.58. The van der Waals surface area contributed by atoms with Gasteiger partial charge in [0.2, 0.25) is 0 Å². The van der Waals surface area contributed by atoms with Crippen LogP contribution in [0, 0.1) is 17.7 Å². The van der Waals surface area contributed by atoms with Crippen LogP contribution >= 0.6 is 0 Å². The van der Waals surface area contributed by atoms with Gasteiger partial charge >= 0.3 is 0 Å². The third kappa shape index (κ3) is 3.57. The van der Waals surface area contributed by atoms with Crippen molar-refractivity contribution in [1.29, 1.82) is 0 Å². The molecule has 2 rings (SSSR count). The van der Waals surface area contributed by atoms with E-state index >= 15 is 0 Å². The lowest BCUT2D eigenvalue weighted by atomic mass is 10.2. The Kier molecular flexibility index (Phi) is 4.54. The molecular weight excluding hydrogens is 243 g/mol. The lowest BCUT2D eigenvalue weighted by molar-refractivity contribution is 0.299. The van der Waals surface area contributed by atoms with Crippen LogP contribution in [0.5, 0.6) is 5.75 Å². The molecule has 0 aromatic heterocycles. The fourth-order valence-electron chi connectivity index (χ4n) is 1.60. The molecule has 0 atom stereocenters. The smallest absolute Gasteiger partial charge is 0.135 e. The molecule has 0 aliphatic rings. The molecule has 0 saturated heterocycles. The fraction of sp³-hybridized carbons (Fsp3) is 0.125. The van der Waals surface area contributed by atoms with E-state index in [1.165, 1.54) is 6.07 Å². The van der Waals surface area contributed by atoms with Gasteiger partial charge in [0.15, 0.2) is 0 Å². The van der Waals surface area contributed by atoms with Gasteiger partial charge < -0.3 is 9.84 Å².